The lowest BCUT2D eigenvalue weighted by molar-refractivity contribution is 0.0969. The molecular weight excluding hydrogens is 370 g/mol. The SMILES string of the molecule is Cn1c(=O)c(C(=O)C[C@H](Nc2cccnc2)c2ccco2)c(O)c2ccccc21. The van der Waals surface area contributed by atoms with Crippen LogP contribution in [0.4, 0.5) is 5.69 Å². The van der Waals surface area contributed by atoms with Crippen molar-refractivity contribution >= 4 is 22.4 Å². The number of rotatable bonds is 6. The predicted octanol–water partition coefficient (Wildman–Crippen LogP) is 3.66. The van der Waals surface area contributed by atoms with Crippen LogP contribution >= 0.6 is 0 Å². The molecule has 2 N–H and O–H groups in total. The molecule has 0 bridgehead atoms. The number of aromatic hydroxyl groups is 1. The van der Waals surface area contributed by atoms with Gasteiger partial charge in [-0.3, -0.25) is 14.6 Å². The maximum absolute atomic E-state index is 13.1. The fraction of sp³-hybridized carbons (Fsp3) is 0.136. The molecule has 0 amide bonds. The molecule has 0 radical (unpaired) electrons. The zero-order chi connectivity index (χ0) is 20.4. The van der Waals surface area contributed by atoms with Gasteiger partial charge in [-0.15, -0.1) is 0 Å². The summed E-state index contributed by atoms with van der Waals surface area (Å²) in [7, 11) is 1.58. The van der Waals surface area contributed by atoms with E-state index in [1.165, 1.54) is 10.8 Å². The van der Waals surface area contributed by atoms with Crippen LogP contribution in [-0.4, -0.2) is 20.4 Å². The van der Waals surface area contributed by atoms with Crippen LogP contribution in [-0.2, 0) is 7.05 Å². The Morgan fingerprint density at radius 1 is 1.21 bits per heavy atom. The Kier molecular flexibility index (Phi) is 4.87. The highest BCUT2D eigenvalue weighted by Crippen LogP contribution is 2.29. The number of para-hydroxylation sites is 1. The number of furan rings is 1. The largest absolute Gasteiger partial charge is 0.506 e. The fourth-order valence-electron chi connectivity index (χ4n) is 3.38. The molecular formula is C22H19N3O4. The van der Waals surface area contributed by atoms with E-state index in [-0.39, 0.29) is 17.7 Å². The lowest BCUT2D eigenvalue weighted by Crippen LogP contribution is -2.26. The van der Waals surface area contributed by atoms with Crippen LogP contribution in [0.2, 0.25) is 0 Å². The van der Waals surface area contributed by atoms with Crippen molar-refractivity contribution in [2.75, 3.05) is 5.32 Å². The molecule has 3 heterocycles. The Hall–Kier alpha value is -3.87. The Morgan fingerprint density at radius 2 is 2.03 bits per heavy atom. The van der Waals surface area contributed by atoms with E-state index >= 15 is 0 Å². The fourth-order valence-corrected chi connectivity index (χ4v) is 3.38. The summed E-state index contributed by atoms with van der Waals surface area (Å²) >= 11 is 0. The quantitative estimate of drug-likeness (QED) is 0.489. The molecule has 3 aromatic heterocycles. The van der Waals surface area contributed by atoms with Crippen molar-refractivity contribution in [2.45, 2.75) is 12.5 Å². The monoisotopic (exact) mass is 389 g/mol. The van der Waals surface area contributed by atoms with Gasteiger partial charge in [0.05, 0.1) is 23.5 Å². The highest BCUT2D eigenvalue weighted by atomic mass is 16.3. The average Bonchev–Trinajstić information content (AvgIpc) is 3.27. The number of carbonyl (C=O) groups is 1. The standard InChI is InChI=1S/C22H19N3O4/c1-25-17-8-3-2-7-15(17)21(27)20(22(25)28)18(26)12-16(19-9-5-11-29-19)24-14-6-4-10-23-13-14/h2-11,13,16,24,27H,12H2,1H3/t16-/m0/s1. The first-order valence-corrected chi connectivity index (χ1v) is 9.10. The van der Waals surface area contributed by atoms with Crippen LogP contribution in [0, 0.1) is 0 Å². The third-order valence-electron chi connectivity index (χ3n) is 4.83. The minimum Gasteiger partial charge on any atom is -0.506 e. The van der Waals surface area contributed by atoms with E-state index in [0.29, 0.717) is 22.4 Å². The number of nitrogens with zero attached hydrogens (tertiary/aromatic N) is 2. The van der Waals surface area contributed by atoms with Gasteiger partial charge in [0.25, 0.3) is 5.56 Å². The summed E-state index contributed by atoms with van der Waals surface area (Å²) in [5.41, 5.74) is 0.501. The molecule has 1 aromatic carbocycles. The molecule has 0 fully saturated rings. The Balaban J connectivity index is 1.72. The summed E-state index contributed by atoms with van der Waals surface area (Å²) in [6.45, 7) is 0. The highest BCUT2D eigenvalue weighted by molar-refractivity contribution is 6.03. The van der Waals surface area contributed by atoms with Crippen molar-refractivity contribution in [1.29, 1.82) is 0 Å². The summed E-state index contributed by atoms with van der Waals surface area (Å²) in [5, 5.41) is 14.3. The molecule has 0 unspecified atom stereocenters. The van der Waals surface area contributed by atoms with Gasteiger partial charge in [-0.1, -0.05) is 12.1 Å². The van der Waals surface area contributed by atoms with E-state index in [0.717, 1.165) is 0 Å². The van der Waals surface area contributed by atoms with Crippen LogP contribution in [0.25, 0.3) is 10.9 Å². The number of anilines is 1. The number of nitrogens with one attached hydrogen (secondary N) is 1. The summed E-state index contributed by atoms with van der Waals surface area (Å²) in [6, 6.07) is 13.5. The van der Waals surface area contributed by atoms with Crippen molar-refractivity contribution in [3.63, 3.8) is 0 Å². The molecule has 29 heavy (non-hydrogen) atoms. The molecule has 0 saturated carbocycles. The topological polar surface area (TPSA) is 97.4 Å². The summed E-state index contributed by atoms with van der Waals surface area (Å²) in [4.78, 5) is 30.0. The van der Waals surface area contributed by atoms with Gasteiger partial charge in [-0.25, -0.2) is 0 Å². The van der Waals surface area contributed by atoms with Gasteiger partial charge < -0.3 is 19.4 Å². The van der Waals surface area contributed by atoms with Gasteiger partial charge in [-0.2, -0.15) is 0 Å². The molecule has 0 aliphatic rings. The van der Waals surface area contributed by atoms with Crippen LogP contribution in [0.1, 0.15) is 28.6 Å². The van der Waals surface area contributed by atoms with E-state index in [1.54, 1.807) is 61.9 Å². The summed E-state index contributed by atoms with van der Waals surface area (Å²) < 4.78 is 6.85. The zero-order valence-corrected chi connectivity index (χ0v) is 15.7. The molecule has 7 nitrogen and oxygen atoms in total. The molecule has 7 heteroatoms. The molecule has 146 valence electrons. The molecule has 1 atom stereocenters. The number of carbonyl (C=O) groups excluding carboxylic acids is 1. The normalized spacial score (nSPS) is 12.0. The number of pyridine rings is 2. The molecule has 0 saturated heterocycles. The molecule has 4 rings (SSSR count). The van der Waals surface area contributed by atoms with Crippen molar-refractivity contribution in [3.8, 4) is 5.75 Å². The van der Waals surface area contributed by atoms with Gasteiger partial charge in [0.2, 0.25) is 0 Å². The Bertz CT molecular complexity index is 1210. The van der Waals surface area contributed by atoms with E-state index in [4.69, 9.17) is 4.42 Å². The van der Waals surface area contributed by atoms with Crippen LogP contribution < -0.4 is 10.9 Å². The third kappa shape index (κ3) is 3.50. The van der Waals surface area contributed by atoms with Crippen LogP contribution in [0.5, 0.6) is 5.75 Å². The van der Waals surface area contributed by atoms with Gasteiger partial charge in [0, 0.05) is 31.2 Å². The minimum atomic E-state index is -0.536. The number of Topliss-reactive ketones (excluding diaryl/α,β-unsaturated/α-hetero) is 1. The number of fused-ring (bicyclic) bond motifs is 1. The van der Waals surface area contributed by atoms with Crippen molar-refractivity contribution in [2.24, 2.45) is 7.05 Å². The number of hydrogen-bond donors (Lipinski definition) is 2. The predicted molar refractivity (Wildman–Crippen MR) is 109 cm³/mol. The van der Waals surface area contributed by atoms with E-state index in [1.807, 2.05) is 6.07 Å². The summed E-state index contributed by atoms with van der Waals surface area (Å²) in [6.07, 6.45) is 4.72. The maximum atomic E-state index is 13.1. The second kappa shape index (κ2) is 7.63. The van der Waals surface area contributed by atoms with Crippen LogP contribution in [0.3, 0.4) is 0 Å². The zero-order valence-electron chi connectivity index (χ0n) is 15.7. The smallest absolute Gasteiger partial charge is 0.265 e. The summed E-state index contributed by atoms with van der Waals surface area (Å²) in [5.74, 6) is -0.237. The number of aryl methyl sites for hydroxylation is 1. The second-order valence-corrected chi connectivity index (χ2v) is 6.69. The molecule has 0 spiro atoms. The van der Waals surface area contributed by atoms with E-state index < -0.39 is 17.4 Å². The first-order valence-electron chi connectivity index (χ1n) is 9.10. The average molecular weight is 389 g/mol. The number of benzene rings is 1. The van der Waals surface area contributed by atoms with Gasteiger partial charge in [0.1, 0.15) is 17.1 Å². The van der Waals surface area contributed by atoms with Gasteiger partial charge in [0.15, 0.2) is 5.78 Å². The number of ketones is 1. The Morgan fingerprint density at radius 3 is 2.76 bits per heavy atom. The van der Waals surface area contributed by atoms with Gasteiger partial charge >= 0.3 is 0 Å². The van der Waals surface area contributed by atoms with Crippen molar-refractivity contribution < 1.29 is 14.3 Å². The lowest BCUT2D eigenvalue weighted by Gasteiger charge is -2.18. The first kappa shape index (κ1) is 18.5. The van der Waals surface area contributed by atoms with Crippen LogP contribution in [0.15, 0.2) is 76.4 Å². The molecule has 0 aliphatic heterocycles. The number of hydrogen-bond acceptors (Lipinski definition) is 6. The Labute approximate surface area is 166 Å². The van der Waals surface area contributed by atoms with E-state index in [9.17, 15) is 14.7 Å². The maximum Gasteiger partial charge on any atom is 0.265 e. The van der Waals surface area contributed by atoms with Crippen molar-refractivity contribution in [1.82, 2.24) is 9.55 Å². The first-order chi connectivity index (χ1) is 14.1. The second-order valence-electron chi connectivity index (χ2n) is 6.69. The molecule has 4 aromatic rings. The minimum absolute atomic E-state index is 0.0798. The van der Waals surface area contributed by atoms with Gasteiger partial charge in [-0.05, 0) is 36.4 Å². The van der Waals surface area contributed by atoms with E-state index in [2.05, 4.69) is 10.3 Å². The highest BCUT2D eigenvalue weighted by Gasteiger charge is 2.25. The van der Waals surface area contributed by atoms with Crippen molar-refractivity contribution in [3.05, 3.63) is 88.9 Å². The lowest BCUT2D eigenvalue weighted by atomic mass is 10.00. The number of aromatic nitrogens is 2. The third-order valence-corrected chi connectivity index (χ3v) is 4.83. The molecule has 0 aliphatic carbocycles.